The number of carbonyl (C=O) groups excluding carboxylic acids is 1. The minimum Gasteiger partial charge on any atom is -0.303 e. The Morgan fingerprint density at radius 2 is 2.38 bits per heavy atom. The van der Waals surface area contributed by atoms with Crippen molar-refractivity contribution in [3.8, 4) is 0 Å². The summed E-state index contributed by atoms with van der Waals surface area (Å²) in [4.78, 5) is 18.6. The fourth-order valence-corrected chi connectivity index (χ4v) is 1.68. The maximum atomic E-state index is 10.4. The Morgan fingerprint density at radius 3 is 2.92 bits per heavy atom. The molecule has 2 rings (SSSR count). The predicted octanol–water partition coefficient (Wildman–Crippen LogP) is 1.74. The van der Waals surface area contributed by atoms with Crippen LogP contribution in [0, 0.1) is 12.8 Å². The van der Waals surface area contributed by atoms with Crippen LogP contribution in [0.3, 0.4) is 0 Å². The molecule has 2 atom stereocenters. The van der Waals surface area contributed by atoms with Crippen LogP contribution in [0.2, 0.25) is 5.15 Å². The van der Waals surface area contributed by atoms with Crippen LogP contribution in [0.5, 0.6) is 0 Å². The Balaban J connectivity index is 2.26. The number of hydrogen-bond acceptors (Lipinski definition) is 3. The lowest BCUT2D eigenvalue weighted by Gasteiger charge is -1.99. The number of aromatic nitrogens is 2. The zero-order valence-electron chi connectivity index (χ0n) is 7.20. The minimum absolute atomic E-state index is 0.144. The Morgan fingerprint density at radius 1 is 1.62 bits per heavy atom. The molecule has 0 radical (unpaired) electrons. The van der Waals surface area contributed by atoms with Gasteiger partial charge in [-0.05, 0) is 19.4 Å². The van der Waals surface area contributed by atoms with Gasteiger partial charge in [0.25, 0.3) is 0 Å². The molecule has 1 heterocycles. The molecule has 0 unspecified atom stereocenters. The van der Waals surface area contributed by atoms with Gasteiger partial charge in [0.1, 0.15) is 17.3 Å². The molecule has 0 aliphatic heterocycles. The third-order valence-corrected chi connectivity index (χ3v) is 2.41. The Kier molecular flexibility index (Phi) is 2.04. The van der Waals surface area contributed by atoms with Crippen molar-refractivity contribution in [3.05, 3.63) is 22.7 Å². The molecular formula is C9H9ClN2O. The molecule has 0 amide bonds. The summed E-state index contributed by atoms with van der Waals surface area (Å²) in [5.74, 6) is 1.08. The van der Waals surface area contributed by atoms with Crippen molar-refractivity contribution < 1.29 is 4.79 Å². The molecule has 1 aromatic rings. The molecule has 68 valence electrons. The van der Waals surface area contributed by atoms with Gasteiger partial charge in [-0.1, -0.05) is 11.6 Å². The molecule has 3 nitrogen and oxygen atoms in total. The second kappa shape index (κ2) is 3.07. The Labute approximate surface area is 81.2 Å². The minimum atomic E-state index is 0.144. The summed E-state index contributed by atoms with van der Waals surface area (Å²) >= 11 is 5.77. The molecule has 1 aliphatic carbocycles. The molecule has 0 saturated heterocycles. The van der Waals surface area contributed by atoms with Crippen LogP contribution < -0.4 is 0 Å². The first-order valence-electron chi connectivity index (χ1n) is 4.17. The molecular weight excluding hydrogens is 188 g/mol. The van der Waals surface area contributed by atoms with Crippen LogP contribution in [-0.4, -0.2) is 16.3 Å². The number of aryl methyl sites for hydroxylation is 1. The van der Waals surface area contributed by atoms with Crippen molar-refractivity contribution in [2.45, 2.75) is 19.3 Å². The molecule has 0 bridgehead atoms. The maximum Gasteiger partial charge on any atom is 0.133 e. The van der Waals surface area contributed by atoms with E-state index in [-0.39, 0.29) is 11.8 Å². The zero-order chi connectivity index (χ0) is 9.42. The van der Waals surface area contributed by atoms with Crippen LogP contribution in [0.15, 0.2) is 6.07 Å². The van der Waals surface area contributed by atoms with E-state index in [0.717, 1.165) is 18.4 Å². The number of hydrogen-bond donors (Lipinski definition) is 0. The van der Waals surface area contributed by atoms with E-state index in [1.165, 1.54) is 0 Å². The highest BCUT2D eigenvalue weighted by Gasteiger charge is 2.39. The quantitative estimate of drug-likeness (QED) is 0.535. The first-order chi connectivity index (χ1) is 6.20. The average Bonchev–Trinajstić information content (AvgIpc) is 2.80. The van der Waals surface area contributed by atoms with E-state index in [0.29, 0.717) is 11.0 Å². The lowest BCUT2D eigenvalue weighted by Crippen LogP contribution is -1.95. The maximum absolute atomic E-state index is 10.4. The van der Waals surface area contributed by atoms with E-state index >= 15 is 0 Å². The number of nitrogens with zero attached hydrogens (tertiary/aromatic N) is 2. The van der Waals surface area contributed by atoms with Crippen LogP contribution in [-0.2, 0) is 4.79 Å². The molecule has 0 spiro atoms. The van der Waals surface area contributed by atoms with Gasteiger partial charge in [0.05, 0.1) is 0 Å². The highest BCUT2D eigenvalue weighted by atomic mass is 35.5. The van der Waals surface area contributed by atoms with Crippen molar-refractivity contribution in [2.75, 3.05) is 0 Å². The summed E-state index contributed by atoms with van der Waals surface area (Å²) in [7, 11) is 0. The lowest BCUT2D eigenvalue weighted by molar-refractivity contribution is -0.108. The van der Waals surface area contributed by atoms with Gasteiger partial charge in [0, 0.05) is 17.5 Å². The third-order valence-electron chi connectivity index (χ3n) is 2.22. The van der Waals surface area contributed by atoms with E-state index in [1.54, 1.807) is 13.0 Å². The van der Waals surface area contributed by atoms with Gasteiger partial charge in [0.15, 0.2) is 0 Å². The highest BCUT2D eigenvalue weighted by Crippen LogP contribution is 2.45. The molecule has 4 heteroatoms. The monoisotopic (exact) mass is 196 g/mol. The van der Waals surface area contributed by atoms with E-state index < -0.39 is 0 Å². The van der Waals surface area contributed by atoms with Gasteiger partial charge in [-0.3, -0.25) is 0 Å². The molecule has 1 aromatic heterocycles. The molecule has 1 aliphatic rings. The first-order valence-corrected chi connectivity index (χ1v) is 4.55. The molecule has 1 fully saturated rings. The normalized spacial score (nSPS) is 25.7. The van der Waals surface area contributed by atoms with Gasteiger partial charge < -0.3 is 4.79 Å². The van der Waals surface area contributed by atoms with E-state index in [2.05, 4.69) is 9.97 Å². The van der Waals surface area contributed by atoms with Crippen molar-refractivity contribution in [1.29, 1.82) is 0 Å². The average molecular weight is 197 g/mol. The highest BCUT2D eigenvalue weighted by molar-refractivity contribution is 6.29. The van der Waals surface area contributed by atoms with E-state index in [1.807, 2.05) is 0 Å². The van der Waals surface area contributed by atoms with Crippen LogP contribution in [0.25, 0.3) is 0 Å². The van der Waals surface area contributed by atoms with Gasteiger partial charge in [-0.2, -0.15) is 0 Å². The molecule has 13 heavy (non-hydrogen) atoms. The predicted molar refractivity (Wildman–Crippen MR) is 48.7 cm³/mol. The summed E-state index contributed by atoms with van der Waals surface area (Å²) in [5.41, 5.74) is 0.898. The summed E-state index contributed by atoms with van der Waals surface area (Å²) in [6.45, 7) is 1.80. The summed E-state index contributed by atoms with van der Waals surface area (Å²) in [5, 5.41) is 0.457. The van der Waals surface area contributed by atoms with Crippen LogP contribution in [0.1, 0.15) is 23.9 Å². The SMILES string of the molecule is Cc1nc(Cl)cc([C@@H]2C[C@H]2C=O)n1. The van der Waals surface area contributed by atoms with Crippen LogP contribution >= 0.6 is 11.6 Å². The summed E-state index contributed by atoms with van der Waals surface area (Å²) in [6.07, 6.45) is 1.88. The number of aldehydes is 1. The van der Waals surface area contributed by atoms with Crippen molar-refractivity contribution in [2.24, 2.45) is 5.92 Å². The largest absolute Gasteiger partial charge is 0.303 e. The van der Waals surface area contributed by atoms with Crippen LogP contribution in [0.4, 0.5) is 0 Å². The smallest absolute Gasteiger partial charge is 0.133 e. The Bertz CT molecular complexity index is 333. The molecule has 0 aromatic carbocycles. The number of rotatable bonds is 2. The third kappa shape index (κ3) is 1.70. The standard InChI is InChI=1S/C9H9ClN2O/c1-5-11-8(3-9(10)12-5)7-2-6(7)4-13/h3-4,6-7H,2H2,1H3/t6-,7+/m0/s1. The summed E-state index contributed by atoms with van der Waals surface area (Å²) in [6, 6.07) is 1.74. The second-order valence-corrected chi connectivity index (χ2v) is 3.69. The fraction of sp³-hybridized carbons (Fsp3) is 0.444. The van der Waals surface area contributed by atoms with Crippen molar-refractivity contribution >= 4 is 17.9 Å². The fourth-order valence-electron chi connectivity index (χ4n) is 1.45. The lowest BCUT2D eigenvalue weighted by atomic mass is 10.2. The molecule has 0 N–H and O–H groups in total. The first kappa shape index (κ1) is 8.63. The van der Waals surface area contributed by atoms with Crippen molar-refractivity contribution in [3.63, 3.8) is 0 Å². The molecule has 1 saturated carbocycles. The topological polar surface area (TPSA) is 42.9 Å². The number of halogens is 1. The Hall–Kier alpha value is -0.960. The zero-order valence-corrected chi connectivity index (χ0v) is 7.95. The van der Waals surface area contributed by atoms with E-state index in [4.69, 9.17) is 11.6 Å². The van der Waals surface area contributed by atoms with Gasteiger partial charge in [0.2, 0.25) is 0 Å². The summed E-state index contributed by atoms with van der Waals surface area (Å²) < 4.78 is 0. The van der Waals surface area contributed by atoms with Gasteiger partial charge in [-0.25, -0.2) is 9.97 Å². The van der Waals surface area contributed by atoms with E-state index in [9.17, 15) is 4.79 Å². The second-order valence-electron chi connectivity index (χ2n) is 3.30. The van der Waals surface area contributed by atoms with Gasteiger partial charge in [-0.15, -0.1) is 0 Å². The number of carbonyl (C=O) groups is 1. The van der Waals surface area contributed by atoms with Crippen molar-refractivity contribution in [1.82, 2.24) is 9.97 Å². The van der Waals surface area contributed by atoms with Gasteiger partial charge >= 0.3 is 0 Å².